The number of ether oxygens (including phenoxy) is 4. The van der Waals surface area contributed by atoms with Crippen LogP contribution < -0.4 is 30.2 Å². The van der Waals surface area contributed by atoms with E-state index in [1.807, 2.05) is 36.4 Å². The molecule has 2 aliphatic rings. The van der Waals surface area contributed by atoms with Crippen molar-refractivity contribution in [1.29, 1.82) is 5.41 Å². The predicted molar refractivity (Wildman–Crippen MR) is 267 cm³/mol. The fourth-order valence-corrected chi connectivity index (χ4v) is 11.8. The van der Waals surface area contributed by atoms with E-state index in [9.17, 15) is 0 Å². The third kappa shape index (κ3) is 10.3. The number of nitrogen functional groups attached to an aromatic ring is 1. The first kappa shape index (κ1) is 46.6. The molecule has 2 aliphatic carbocycles. The molecule has 4 N–H and O–H groups in total. The van der Waals surface area contributed by atoms with Crippen LogP contribution in [0.1, 0.15) is 74.3 Å². The second kappa shape index (κ2) is 21.6. The molecular formula is C52H58N10O4S2. The van der Waals surface area contributed by atoms with Crippen LogP contribution in [0.15, 0.2) is 130 Å². The molecule has 2 unspecified atom stereocenters. The van der Waals surface area contributed by atoms with Crippen LogP contribution in [0.3, 0.4) is 0 Å². The van der Waals surface area contributed by atoms with E-state index in [1.54, 1.807) is 34.8 Å². The van der Waals surface area contributed by atoms with Gasteiger partial charge in [-0.15, -0.1) is 0 Å². The number of anilines is 1. The summed E-state index contributed by atoms with van der Waals surface area (Å²) in [5, 5.41) is 9.86. The Hall–Kier alpha value is -6.52. The highest BCUT2D eigenvalue weighted by molar-refractivity contribution is 7.99. The first-order chi connectivity index (χ1) is 33.3. The van der Waals surface area contributed by atoms with Gasteiger partial charge in [-0.2, -0.15) is 0 Å². The van der Waals surface area contributed by atoms with Gasteiger partial charge in [0, 0.05) is 24.9 Å². The van der Waals surface area contributed by atoms with E-state index in [0.717, 1.165) is 62.3 Å². The molecule has 2 fully saturated rings. The van der Waals surface area contributed by atoms with Crippen molar-refractivity contribution >= 4 is 51.7 Å². The van der Waals surface area contributed by atoms with Gasteiger partial charge in [0.05, 0.1) is 44.6 Å². The van der Waals surface area contributed by atoms with Crippen molar-refractivity contribution in [1.82, 2.24) is 39.0 Å². The predicted octanol–water partition coefficient (Wildman–Crippen LogP) is 10.9. The Morgan fingerprint density at radius 3 is 1.78 bits per heavy atom. The highest BCUT2D eigenvalue weighted by atomic mass is 32.2. The second-order valence-electron chi connectivity index (χ2n) is 17.3. The van der Waals surface area contributed by atoms with Crippen LogP contribution in [0.2, 0.25) is 0 Å². The fraction of sp³-hybridized carbons (Fsp3) is 0.346. The molecule has 0 aliphatic heterocycles. The van der Waals surface area contributed by atoms with Crippen LogP contribution >= 0.6 is 23.5 Å². The normalized spacial score (nSPS) is 15.0. The SMILES string of the molecule is COc1ccc(OC)c(Sc2nc3c(N)ncnc3n2CC(c2ccccc2)C2CCCC2)c1.COc1ccc(OC)c(Sc2nc3c([nH]2)c(=N)ncn3CC(c2ccccc2)C2CCCC2)c1. The molecule has 4 aromatic carbocycles. The zero-order valence-corrected chi connectivity index (χ0v) is 40.6. The van der Waals surface area contributed by atoms with Gasteiger partial charge in [-0.3, -0.25) is 5.41 Å². The molecule has 4 heterocycles. The number of hydrogen-bond acceptors (Lipinski definition) is 13. The van der Waals surface area contributed by atoms with Crippen molar-refractivity contribution in [3.63, 3.8) is 0 Å². The van der Waals surface area contributed by atoms with Crippen LogP contribution in [0.25, 0.3) is 22.3 Å². The third-order valence-corrected chi connectivity index (χ3v) is 15.3. The number of nitrogens with one attached hydrogen (secondary N) is 2. The molecule has 0 radical (unpaired) electrons. The highest BCUT2D eigenvalue weighted by Crippen LogP contribution is 2.43. The molecular weight excluding hydrogens is 893 g/mol. The summed E-state index contributed by atoms with van der Waals surface area (Å²) in [6, 6.07) is 33.0. The van der Waals surface area contributed by atoms with Crippen molar-refractivity contribution in [3.8, 4) is 23.0 Å². The molecule has 14 nitrogen and oxygen atoms in total. The molecule has 2 saturated carbocycles. The largest absolute Gasteiger partial charge is 0.497 e. The molecule has 0 spiro atoms. The Balaban J connectivity index is 0.000000170. The molecule has 352 valence electrons. The number of benzene rings is 4. The maximum atomic E-state index is 8.36. The van der Waals surface area contributed by atoms with E-state index in [4.69, 9.17) is 40.1 Å². The quantitative estimate of drug-likeness (QED) is 0.0836. The number of H-pyrrole nitrogens is 1. The molecule has 2 atom stereocenters. The van der Waals surface area contributed by atoms with Crippen molar-refractivity contribution in [3.05, 3.63) is 126 Å². The van der Waals surface area contributed by atoms with E-state index in [0.29, 0.717) is 45.7 Å². The molecule has 10 rings (SSSR count). The van der Waals surface area contributed by atoms with Gasteiger partial charge >= 0.3 is 0 Å². The van der Waals surface area contributed by atoms with Crippen LogP contribution in [0.4, 0.5) is 5.82 Å². The first-order valence-corrected chi connectivity index (χ1v) is 24.8. The molecule has 8 aromatic rings. The van der Waals surface area contributed by atoms with Crippen molar-refractivity contribution < 1.29 is 18.9 Å². The van der Waals surface area contributed by atoms with Gasteiger partial charge < -0.3 is 38.8 Å². The Labute approximate surface area is 405 Å². The van der Waals surface area contributed by atoms with Crippen molar-refractivity contribution in [2.75, 3.05) is 34.2 Å². The lowest BCUT2D eigenvalue weighted by molar-refractivity contribution is 0.381. The lowest BCUT2D eigenvalue weighted by Crippen LogP contribution is -2.20. The van der Waals surface area contributed by atoms with Gasteiger partial charge in [0.15, 0.2) is 38.4 Å². The first-order valence-electron chi connectivity index (χ1n) is 23.2. The zero-order valence-electron chi connectivity index (χ0n) is 38.9. The fourth-order valence-electron chi connectivity index (χ4n) is 9.83. The summed E-state index contributed by atoms with van der Waals surface area (Å²) >= 11 is 2.99. The van der Waals surface area contributed by atoms with Gasteiger partial charge in [-0.1, -0.05) is 86.3 Å². The lowest BCUT2D eigenvalue weighted by atomic mass is 9.84. The van der Waals surface area contributed by atoms with E-state index in [1.165, 1.54) is 92.3 Å². The minimum absolute atomic E-state index is 0.195. The summed E-state index contributed by atoms with van der Waals surface area (Å²) < 4.78 is 26.3. The number of aromatic nitrogens is 8. The molecule has 0 amide bonds. The number of hydrogen-bond donors (Lipinski definition) is 3. The van der Waals surface area contributed by atoms with Gasteiger partial charge in [0.1, 0.15) is 34.8 Å². The topological polar surface area (TPSA) is 177 Å². The Morgan fingerprint density at radius 1 is 0.662 bits per heavy atom. The van der Waals surface area contributed by atoms with Crippen molar-refractivity contribution in [2.24, 2.45) is 11.8 Å². The number of aromatic amines is 1. The van der Waals surface area contributed by atoms with Gasteiger partial charge in [-0.25, -0.2) is 24.9 Å². The number of nitrogens with zero attached hydrogens (tertiary/aromatic N) is 7. The molecule has 0 saturated heterocycles. The van der Waals surface area contributed by atoms with Crippen LogP contribution in [-0.4, -0.2) is 67.5 Å². The smallest absolute Gasteiger partial charge is 0.175 e. The standard InChI is InChI=1S/2C26H29N5O2S/c1-32-19-12-13-21(33-2)22(14-19)34-26-29-23-24(27)28-16-31(25(23)30-26)15-20(18-10-6-7-11-18)17-8-4-3-5-9-17;1-32-19-12-13-21(33-2)22(14-19)34-26-30-23-24(27)28-16-29-25(23)31(26)15-20(18-10-6-7-11-18)17-8-4-3-5-9-17/h3-5,8-9,12-14,16,18,20,27H,6-7,10-11,15H2,1-2H3,(H,29,30);3-5,8-9,12-14,16,18,20H,6-7,10-11,15H2,1-2H3,(H2,27,28,29). The Bertz CT molecular complexity index is 3010. The number of imidazole rings is 2. The van der Waals surface area contributed by atoms with Crippen LogP contribution in [0, 0.1) is 17.2 Å². The summed E-state index contributed by atoms with van der Waals surface area (Å²) in [6.07, 6.45) is 13.4. The second-order valence-corrected chi connectivity index (χ2v) is 19.3. The van der Waals surface area contributed by atoms with E-state index < -0.39 is 0 Å². The van der Waals surface area contributed by atoms with Crippen LogP contribution in [-0.2, 0) is 13.1 Å². The van der Waals surface area contributed by atoms with Gasteiger partial charge in [0.25, 0.3) is 0 Å². The molecule has 68 heavy (non-hydrogen) atoms. The van der Waals surface area contributed by atoms with E-state index >= 15 is 0 Å². The third-order valence-electron chi connectivity index (χ3n) is 13.3. The minimum Gasteiger partial charge on any atom is -0.497 e. The zero-order chi connectivity index (χ0) is 47.0. The molecule has 16 heteroatoms. The van der Waals surface area contributed by atoms with Gasteiger partial charge in [0.2, 0.25) is 0 Å². The maximum absolute atomic E-state index is 8.36. The maximum Gasteiger partial charge on any atom is 0.175 e. The minimum atomic E-state index is 0.195. The average Bonchev–Trinajstić information content (AvgIpc) is 4.23. The number of rotatable bonds is 16. The van der Waals surface area contributed by atoms with E-state index in [2.05, 4.69) is 89.7 Å². The monoisotopic (exact) mass is 950 g/mol. The number of nitrogens with two attached hydrogens (primary N) is 1. The Morgan fingerprint density at radius 2 is 1.22 bits per heavy atom. The lowest BCUT2D eigenvalue weighted by Gasteiger charge is -2.25. The van der Waals surface area contributed by atoms with Gasteiger partial charge in [-0.05, 0) is 109 Å². The average molecular weight is 951 g/mol. The number of fused-ring (bicyclic) bond motifs is 2. The molecule has 0 bridgehead atoms. The highest BCUT2D eigenvalue weighted by Gasteiger charge is 2.30. The summed E-state index contributed by atoms with van der Waals surface area (Å²) in [5.74, 6) is 5.44. The number of methoxy groups -OCH3 is 4. The Kier molecular flexibility index (Phi) is 14.8. The van der Waals surface area contributed by atoms with Crippen LogP contribution in [0.5, 0.6) is 23.0 Å². The van der Waals surface area contributed by atoms with E-state index in [-0.39, 0.29) is 5.49 Å². The summed E-state index contributed by atoms with van der Waals surface area (Å²) in [5.41, 5.74) is 11.9. The summed E-state index contributed by atoms with van der Waals surface area (Å²) in [6.45, 7) is 1.56. The summed E-state index contributed by atoms with van der Waals surface area (Å²) in [7, 11) is 6.63. The molecule has 4 aromatic heterocycles. The van der Waals surface area contributed by atoms with Crippen molar-refractivity contribution in [2.45, 2.75) is 96.4 Å². The summed E-state index contributed by atoms with van der Waals surface area (Å²) in [4.78, 5) is 28.0.